The third kappa shape index (κ3) is 6.62. The summed E-state index contributed by atoms with van der Waals surface area (Å²) < 4.78 is 5.86. The number of nitrogens with zero attached hydrogens (tertiary/aromatic N) is 1. The Bertz CT molecular complexity index is 926. The minimum Gasteiger partial charge on any atom is -0.483 e. The summed E-state index contributed by atoms with van der Waals surface area (Å²) in [5.74, 6) is 0.0966. The number of rotatable bonds is 9. The van der Waals surface area contributed by atoms with Gasteiger partial charge >= 0.3 is 0 Å². The van der Waals surface area contributed by atoms with E-state index in [2.05, 4.69) is 11.4 Å². The van der Waals surface area contributed by atoms with E-state index < -0.39 is 6.04 Å². The first kappa shape index (κ1) is 25.0. The lowest BCUT2D eigenvalue weighted by molar-refractivity contribution is -0.142. The van der Waals surface area contributed by atoms with Crippen LogP contribution in [0.5, 0.6) is 5.75 Å². The summed E-state index contributed by atoms with van der Waals surface area (Å²) in [6.07, 6.45) is 0.803. The zero-order chi connectivity index (χ0) is 23.1. The molecule has 2 rings (SSSR count). The summed E-state index contributed by atoms with van der Waals surface area (Å²) in [6, 6.07) is 8.42. The Kier molecular flexibility index (Phi) is 9.20. The molecule has 0 saturated heterocycles. The van der Waals surface area contributed by atoms with Gasteiger partial charge < -0.3 is 15.0 Å². The smallest absolute Gasteiger partial charge is 0.261 e. The van der Waals surface area contributed by atoms with Crippen molar-refractivity contribution in [2.45, 2.75) is 53.6 Å². The van der Waals surface area contributed by atoms with Crippen LogP contribution in [-0.2, 0) is 16.1 Å². The molecule has 0 saturated carbocycles. The van der Waals surface area contributed by atoms with Gasteiger partial charge in [0.15, 0.2) is 6.61 Å². The molecule has 2 aromatic rings. The summed E-state index contributed by atoms with van der Waals surface area (Å²) in [4.78, 5) is 27.2. The fourth-order valence-electron chi connectivity index (χ4n) is 3.21. The van der Waals surface area contributed by atoms with Crippen molar-refractivity contribution in [3.8, 4) is 5.75 Å². The van der Waals surface area contributed by atoms with Gasteiger partial charge in [-0.25, -0.2) is 0 Å². The number of hydrogen-bond acceptors (Lipinski definition) is 3. The molecule has 0 spiro atoms. The third-order valence-corrected chi connectivity index (χ3v) is 5.93. The van der Waals surface area contributed by atoms with Gasteiger partial charge in [-0.15, -0.1) is 0 Å². The number of halogens is 2. The standard InChI is InChI=1S/C24H30Cl2N2O3/c1-6-10-27-24(30)18(5)28(13-19-20(25)8-7-9-21(19)26)23(29)14-31-22-12-15(2)11-16(3)17(22)4/h7-9,11-12,18H,6,10,13-14H2,1-5H3,(H,27,30). The van der Waals surface area contributed by atoms with Crippen LogP contribution in [0.2, 0.25) is 10.0 Å². The first-order valence-electron chi connectivity index (χ1n) is 10.4. The Morgan fingerprint density at radius 3 is 2.39 bits per heavy atom. The van der Waals surface area contributed by atoms with Gasteiger partial charge in [-0.05, 0) is 69.0 Å². The maximum absolute atomic E-state index is 13.2. The zero-order valence-corrected chi connectivity index (χ0v) is 20.2. The lowest BCUT2D eigenvalue weighted by Crippen LogP contribution is -2.49. The van der Waals surface area contributed by atoms with Crippen molar-refractivity contribution in [3.05, 3.63) is 62.6 Å². The topological polar surface area (TPSA) is 58.6 Å². The fourth-order valence-corrected chi connectivity index (χ4v) is 3.72. The highest BCUT2D eigenvalue weighted by molar-refractivity contribution is 6.36. The van der Waals surface area contributed by atoms with Crippen LogP contribution in [-0.4, -0.2) is 35.9 Å². The maximum Gasteiger partial charge on any atom is 0.261 e. The highest BCUT2D eigenvalue weighted by Gasteiger charge is 2.27. The average Bonchev–Trinajstić information content (AvgIpc) is 2.72. The summed E-state index contributed by atoms with van der Waals surface area (Å²) in [7, 11) is 0. The molecular weight excluding hydrogens is 435 g/mol. The lowest BCUT2D eigenvalue weighted by Gasteiger charge is -2.29. The second-order valence-corrected chi connectivity index (χ2v) is 8.50. The molecule has 0 aromatic heterocycles. The monoisotopic (exact) mass is 464 g/mol. The summed E-state index contributed by atoms with van der Waals surface area (Å²) in [5, 5.41) is 3.73. The van der Waals surface area contributed by atoms with E-state index in [1.165, 1.54) is 4.90 Å². The summed E-state index contributed by atoms with van der Waals surface area (Å²) >= 11 is 12.6. The van der Waals surface area contributed by atoms with Gasteiger partial charge in [0.1, 0.15) is 11.8 Å². The molecular formula is C24H30Cl2N2O3. The van der Waals surface area contributed by atoms with Gasteiger partial charge in [0.05, 0.1) is 0 Å². The zero-order valence-electron chi connectivity index (χ0n) is 18.7. The molecule has 0 fully saturated rings. The van der Waals surface area contributed by atoms with Crippen LogP contribution in [0.25, 0.3) is 0 Å². The Hall–Kier alpha value is -2.24. The number of hydrogen-bond donors (Lipinski definition) is 1. The van der Waals surface area contributed by atoms with Gasteiger partial charge in [0.2, 0.25) is 5.91 Å². The lowest BCUT2D eigenvalue weighted by atomic mass is 10.1. The van der Waals surface area contributed by atoms with Crippen molar-refractivity contribution in [2.24, 2.45) is 0 Å². The molecule has 31 heavy (non-hydrogen) atoms. The van der Waals surface area contributed by atoms with Crippen molar-refractivity contribution in [3.63, 3.8) is 0 Å². The van der Waals surface area contributed by atoms with Crippen LogP contribution in [0.1, 0.15) is 42.5 Å². The van der Waals surface area contributed by atoms with E-state index in [1.54, 1.807) is 25.1 Å². The fraction of sp³-hybridized carbons (Fsp3) is 0.417. The molecule has 5 nitrogen and oxygen atoms in total. The SMILES string of the molecule is CCCNC(=O)C(C)N(Cc1c(Cl)cccc1Cl)C(=O)COc1cc(C)cc(C)c1C. The predicted molar refractivity (Wildman–Crippen MR) is 126 cm³/mol. The summed E-state index contributed by atoms with van der Waals surface area (Å²) in [6.45, 7) is 10.0. The van der Waals surface area contributed by atoms with Crippen LogP contribution >= 0.6 is 23.2 Å². The van der Waals surface area contributed by atoms with Gasteiger partial charge in [-0.3, -0.25) is 9.59 Å². The molecule has 0 radical (unpaired) electrons. The van der Waals surface area contributed by atoms with Gasteiger partial charge in [0, 0.05) is 28.7 Å². The number of carbonyl (C=O) groups excluding carboxylic acids is 2. The van der Waals surface area contributed by atoms with Crippen molar-refractivity contribution in [1.82, 2.24) is 10.2 Å². The van der Waals surface area contributed by atoms with Crippen LogP contribution in [0.3, 0.4) is 0 Å². The Labute approximate surface area is 194 Å². The van der Waals surface area contributed by atoms with E-state index in [0.29, 0.717) is 27.9 Å². The molecule has 168 valence electrons. The van der Waals surface area contributed by atoms with E-state index in [-0.39, 0.29) is 25.0 Å². The van der Waals surface area contributed by atoms with Gasteiger partial charge in [-0.2, -0.15) is 0 Å². The Morgan fingerprint density at radius 1 is 1.13 bits per heavy atom. The van der Waals surface area contributed by atoms with Crippen molar-refractivity contribution < 1.29 is 14.3 Å². The normalized spacial score (nSPS) is 11.7. The van der Waals surface area contributed by atoms with Gasteiger partial charge in [-0.1, -0.05) is 42.3 Å². The van der Waals surface area contributed by atoms with Crippen LogP contribution < -0.4 is 10.1 Å². The molecule has 7 heteroatoms. The molecule has 0 heterocycles. The van der Waals surface area contributed by atoms with Crippen molar-refractivity contribution in [2.75, 3.05) is 13.2 Å². The van der Waals surface area contributed by atoms with E-state index in [0.717, 1.165) is 23.1 Å². The van der Waals surface area contributed by atoms with Crippen molar-refractivity contribution in [1.29, 1.82) is 0 Å². The average molecular weight is 465 g/mol. The Morgan fingerprint density at radius 2 is 1.77 bits per heavy atom. The van der Waals surface area contributed by atoms with E-state index in [1.807, 2.05) is 33.8 Å². The number of carbonyl (C=O) groups is 2. The molecule has 2 amide bonds. The first-order valence-corrected chi connectivity index (χ1v) is 11.1. The Balaban J connectivity index is 2.26. The van der Waals surface area contributed by atoms with Crippen molar-refractivity contribution >= 4 is 35.0 Å². The maximum atomic E-state index is 13.2. The number of ether oxygens (including phenoxy) is 1. The molecule has 0 aliphatic rings. The summed E-state index contributed by atoms with van der Waals surface area (Å²) in [5.41, 5.74) is 3.72. The number of aryl methyl sites for hydroxylation is 2. The molecule has 2 aromatic carbocycles. The quantitative estimate of drug-likeness (QED) is 0.551. The van der Waals surface area contributed by atoms with E-state index in [9.17, 15) is 9.59 Å². The molecule has 0 bridgehead atoms. The molecule has 0 aliphatic carbocycles. The molecule has 0 aliphatic heterocycles. The van der Waals surface area contributed by atoms with Crippen LogP contribution in [0.15, 0.2) is 30.3 Å². The van der Waals surface area contributed by atoms with Crippen LogP contribution in [0, 0.1) is 20.8 Å². The second-order valence-electron chi connectivity index (χ2n) is 7.68. The minimum absolute atomic E-state index is 0.104. The minimum atomic E-state index is -0.713. The largest absolute Gasteiger partial charge is 0.483 e. The van der Waals surface area contributed by atoms with Gasteiger partial charge in [0.25, 0.3) is 5.91 Å². The van der Waals surface area contributed by atoms with Crippen LogP contribution in [0.4, 0.5) is 0 Å². The molecule has 1 atom stereocenters. The van der Waals surface area contributed by atoms with E-state index in [4.69, 9.17) is 27.9 Å². The second kappa shape index (κ2) is 11.4. The number of benzene rings is 2. The predicted octanol–water partition coefficient (Wildman–Crippen LogP) is 5.24. The molecule has 1 N–H and O–H groups in total. The highest BCUT2D eigenvalue weighted by Crippen LogP contribution is 2.27. The highest BCUT2D eigenvalue weighted by atomic mass is 35.5. The number of amides is 2. The number of nitrogens with one attached hydrogen (secondary N) is 1. The van der Waals surface area contributed by atoms with E-state index >= 15 is 0 Å². The first-order chi connectivity index (χ1) is 14.6. The third-order valence-electron chi connectivity index (χ3n) is 5.22. The molecule has 1 unspecified atom stereocenters.